The van der Waals surface area contributed by atoms with Crippen LogP contribution < -0.4 is 10.5 Å². The lowest BCUT2D eigenvalue weighted by atomic mass is 9.94. The minimum absolute atomic E-state index is 0.0938. The van der Waals surface area contributed by atoms with E-state index in [4.69, 9.17) is 17.3 Å². The van der Waals surface area contributed by atoms with Gasteiger partial charge in [-0.25, -0.2) is 18.1 Å². The summed E-state index contributed by atoms with van der Waals surface area (Å²) in [6.45, 7) is 0. The standard InChI is InChI=1S/C18H20ClN5O3S/c19-14-9-12(28(26,27)24-10-1-3-11(25)4-2-10)5-6-13(14)15-7-8-16-17(21-15)18(20)23-22-16/h5-11,24-25H,1-4H2,(H3,20,22,23). The zero-order chi connectivity index (χ0) is 19.9. The Hall–Kier alpha value is -2.20. The molecule has 1 fully saturated rings. The number of hydrogen-bond donors (Lipinski definition) is 4. The van der Waals surface area contributed by atoms with Crippen molar-refractivity contribution in [1.29, 1.82) is 0 Å². The zero-order valence-corrected chi connectivity index (χ0v) is 16.5. The van der Waals surface area contributed by atoms with Crippen molar-refractivity contribution >= 4 is 38.5 Å². The number of halogens is 1. The summed E-state index contributed by atoms with van der Waals surface area (Å²) in [7, 11) is -3.70. The summed E-state index contributed by atoms with van der Waals surface area (Å²) < 4.78 is 28.1. The first-order chi connectivity index (χ1) is 13.3. The number of hydrogen-bond acceptors (Lipinski definition) is 6. The van der Waals surface area contributed by atoms with Gasteiger partial charge in [-0.2, -0.15) is 5.10 Å². The van der Waals surface area contributed by atoms with Crippen molar-refractivity contribution in [2.24, 2.45) is 0 Å². The van der Waals surface area contributed by atoms with Gasteiger partial charge >= 0.3 is 0 Å². The number of aliphatic hydroxyl groups excluding tert-OH is 1. The molecule has 8 nitrogen and oxygen atoms in total. The van der Waals surface area contributed by atoms with Crippen molar-refractivity contribution < 1.29 is 13.5 Å². The average molecular weight is 422 g/mol. The third-order valence-electron chi connectivity index (χ3n) is 4.98. The number of rotatable bonds is 4. The lowest BCUT2D eigenvalue weighted by Gasteiger charge is -2.26. The van der Waals surface area contributed by atoms with Crippen LogP contribution in [0.1, 0.15) is 25.7 Å². The van der Waals surface area contributed by atoms with E-state index in [0.717, 1.165) is 0 Å². The van der Waals surface area contributed by atoms with Crippen molar-refractivity contribution in [2.75, 3.05) is 5.73 Å². The van der Waals surface area contributed by atoms with Crippen LogP contribution in [-0.2, 0) is 10.0 Å². The van der Waals surface area contributed by atoms with E-state index in [1.165, 1.54) is 12.1 Å². The lowest BCUT2D eigenvalue weighted by Crippen LogP contribution is -2.38. The second-order valence-electron chi connectivity index (χ2n) is 6.97. The Kier molecular flexibility index (Phi) is 5.00. The van der Waals surface area contributed by atoms with Crippen molar-refractivity contribution in [3.63, 3.8) is 0 Å². The summed E-state index contributed by atoms with van der Waals surface area (Å²) in [5, 5.41) is 16.5. The highest BCUT2D eigenvalue weighted by Gasteiger charge is 2.25. The summed E-state index contributed by atoms with van der Waals surface area (Å²) in [5.74, 6) is 0.286. The monoisotopic (exact) mass is 421 g/mol. The highest BCUT2D eigenvalue weighted by atomic mass is 35.5. The Morgan fingerprint density at radius 1 is 1.18 bits per heavy atom. The fraction of sp³-hybridized carbons (Fsp3) is 0.333. The number of aromatic nitrogens is 3. The average Bonchev–Trinajstić information content (AvgIpc) is 3.04. The van der Waals surface area contributed by atoms with E-state index in [0.29, 0.717) is 48.0 Å². The molecule has 3 aromatic rings. The predicted molar refractivity (Wildman–Crippen MR) is 107 cm³/mol. The molecule has 0 bridgehead atoms. The summed E-state index contributed by atoms with van der Waals surface area (Å²) in [4.78, 5) is 4.56. The first kappa shape index (κ1) is 19.1. The van der Waals surface area contributed by atoms with Gasteiger partial charge in [0.05, 0.1) is 27.2 Å². The van der Waals surface area contributed by atoms with Gasteiger partial charge in [-0.3, -0.25) is 5.10 Å². The molecule has 10 heteroatoms. The van der Waals surface area contributed by atoms with Crippen LogP contribution in [0.15, 0.2) is 35.2 Å². The van der Waals surface area contributed by atoms with Crippen LogP contribution in [0, 0.1) is 0 Å². The molecule has 0 aliphatic heterocycles. The number of H-pyrrole nitrogens is 1. The van der Waals surface area contributed by atoms with Crippen LogP contribution in [0.5, 0.6) is 0 Å². The Morgan fingerprint density at radius 2 is 1.93 bits per heavy atom. The Morgan fingerprint density at radius 3 is 2.64 bits per heavy atom. The molecule has 1 saturated carbocycles. The second kappa shape index (κ2) is 7.32. The molecule has 0 saturated heterocycles. The molecule has 4 rings (SSSR count). The highest BCUT2D eigenvalue weighted by molar-refractivity contribution is 7.89. The quantitative estimate of drug-likeness (QED) is 0.511. The fourth-order valence-corrected chi connectivity index (χ4v) is 5.09. The number of nitrogens with one attached hydrogen (secondary N) is 2. The van der Waals surface area contributed by atoms with Gasteiger partial charge in [-0.15, -0.1) is 0 Å². The second-order valence-corrected chi connectivity index (χ2v) is 9.09. The summed E-state index contributed by atoms with van der Waals surface area (Å²) in [6.07, 6.45) is 2.07. The molecule has 0 unspecified atom stereocenters. The van der Waals surface area contributed by atoms with Gasteiger partial charge in [0.15, 0.2) is 5.82 Å². The fourth-order valence-electron chi connectivity index (χ4n) is 3.42. The zero-order valence-electron chi connectivity index (χ0n) is 14.9. The van der Waals surface area contributed by atoms with Crippen LogP contribution in [-0.4, -0.2) is 40.9 Å². The Balaban J connectivity index is 1.60. The van der Waals surface area contributed by atoms with E-state index >= 15 is 0 Å². The van der Waals surface area contributed by atoms with E-state index in [-0.39, 0.29) is 27.9 Å². The first-order valence-electron chi connectivity index (χ1n) is 8.94. The van der Waals surface area contributed by atoms with Crippen molar-refractivity contribution in [3.8, 4) is 11.3 Å². The number of sulfonamides is 1. The molecular weight excluding hydrogens is 402 g/mol. The summed E-state index contributed by atoms with van der Waals surface area (Å²) >= 11 is 6.38. The maximum atomic E-state index is 12.7. The molecule has 1 aliphatic rings. The van der Waals surface area contributed by atoms with Crippen molar-refractivity contribution in [3.05, 3.63) is 35.4 Å². The van der Waals surface area contributed by atoms with E-state index in [9.17, 15) is 13.5 Å². The van der Waals surface area contributed by atoms with E-state index in [1.807, 2.05) is 0 Å². The molecule has 1 aliphatic carbocycles. The number of nitrogens with zero attached hydrogens (tertiary/aromatic N) is 2. The minimum Gasteiger partial charge on any atom is -0.393 e. The van der Waals surface area contributed by atoms with Gasteiger partial charge in [0.2, 0.25) is 10.0 Å². The molecule has 0 atom stereocenters. The minimum atomic E-state index is -3.70. The van der Waals surface area contributed by atoms with Gasteiger partial charge in [0.1, 0.15) is 5.52 Å². The number of nitrogen functional groups attached to an aromatic ring is 1. The number of fused-ring (bicyclic) bond motifs is 1. The number of pyridine rings is 1. The molecule has 0 amide bonds. The number of nitrogens with two attached hydrogens (primary N) is 1. The molecular formula is C18H20ClN5O3S. The van der Waals surface area contributed by atoms with Crippen molar-refractivity contribution in [2.45, 2.75) is 42.7 Å². The smallest absolute Gasteiger partial charge is 0.240 e. The number of anilines is 1. The molecule has 2 heterocycles. The van der Waals surface area contributed by atoms with Crippen molar-refractivity contribution in [1.82, 2.24) is 19.9 Å². The van der Waals surface area contributed by atoms with Gasteiger partial charge in [0.25, 0.3) is 0 Å². The third kappa shape index (κ3) is 3.70. The summed E-state index contributed by atoms with van der Waals surface area (Å²) in [5.41, 5.74) is 8.21. The SMILES string of the molecule is Nc1n[nH]c2ccc(-c3ccc(S(=O)(=O)NC4CCC(O)CC4)cc3Cl)nc12. The van der Waals surface area contributed by atoms with Crippen LogP contribution in [0.25, 0.3) is 22.3 Å². The number of aliphatic hydroxyl groups is 1. The topological polar surface area (TPSA) is 134 Å². The van der Waals surface area contributed by atoms with Crippen LogP contribution in [0.3, 0.4) is 0 Å². The van der Waals surface area contributed by atoms with Crippen LogP contribution >= 0.6 is 11.6 Å². The molecule has 5 N–H and O–H groups in total. The molecule has 28 heavy (non-hydrogen) atoms. The lowest BCUT2D eigenvalue weighted by molar-refractivity contribution is 0.120. The molecule has 148 valence electrons. The molecule has 0 radical (unpaired) electrons. The largest absolute Gasteiger partial charge is 0.393 e. The normalized spacial score (nSPS) is 20.5. The number of benzene rings is 1. The maximum Gasteiger partial charge on any atom is 0.240 e. The summed E-state index contributed by atoms with van der Waals surface area (Å²) in [6, 6.07) is 7.93. The number of aromatic amines is 1. The Labute approximate surface area is 167 Å². The predicted octanol–water partition coefficient (Wildman–Crippen LogP) is 2.44. The molecule has 2 aromatic heterocycles. The van der Waals surface area contributed by atoms with E-state index in [2.05, 4.69) is 19.9 Å². The van der Waals surface area contributed by atoms with Gasteiger partial charge in [-0.05, 0) is 56.0 Å². The van der Waals surface area contributed by atoms with Crippen LogP contribution in [0.2, 0.25) is 5.02 Å². The first-order valence-corrected chi connectivity index (χ1v) is 10.8. The molecule has 1 aromatic carbocycles. The van der Waals surface area contributed by atoms with Gasteiger partial charge in [-0.1, -0.05) is 11.6 Å². The maximum absolute atomic E-state index is 12.7. The van der Waals surface area contributed by atoms with Crippen LogP contribution in [0.4, 0.5) is 5.82 Å². The molecule has 0 spiro atoms. The van der Waals surface area contributed by atoms with E-state index < -0.39 is 10.0 Å². The third-order valence-corrected chi connectivity index (χ3v) is 6.81. The van der Waals surface area contributed by atoms with Gasteiger partial charge in [0, 0.05) is 11.6 Å². The Bertz CT molecular complexity index is 1120. The van der Waals surface area contributed by atoms with E-state index in [1.54, 1.807) is 18.2 Å². The van der Waals surface area contributed by atoms with Gasteiger partial charge < -0.3 is 10.8 Å². The highest BCUT2D eigenvalue weighted by Crippen LogP contribution is 2.31.